The number of ether oxygens (including phenoxy) is 3. The fourth-order valence-corrected chi connectivity index (χ4v) is 1.86. The number of hydrogen-bond donors (Lipinski definition) is 1. The minimum atomic E-state index is -0.234. The molecular formula is C11H11NO4. The van der Waals surface area contributed by atoms with E-state index in [2.05, 4.69) is 10.1 Å². The van der Waals surface area contributed by atoms with Gasteiger partial charge in [-0.15, -0.1) is 0 Å². The fourth-order valence-electron chi connectivity index (χ4n) is 1.86. The van der Waals surface area contributed by atoms with E-state index < -0.39 is 0 Å². The molecule has 2 aliphatic rings. The summed E-state index contributed by atoms with van der Waals surface area (Å²) in [6.45, 7) is 0.261. The van der Waals surface area contributed by atoms with Crippen molar-refractivity contribution in [3.8, 4) is 11.5 Å². The highest BCUT2D eigenvalue weighted by atomic mass is 16.7. The predicted molar refractivity (Wildman–Crippen MR) is 54.2 cm³/mol. The largest absolute Gasteiger partial charge is 0.468 e. The molecule has 0 bridgehead atoms. The Hall–Kier alpha value is -1.75. The van der Waals surface area contributed by atoms with Crippen molar-refractivity contribution in [1.82, 2.24) is 5.32 Å². The van der Waals surface area contributed by atoms with Gasteiger partial charge in [-0.1, -0.05) is 6.07 Å². The van der Waals surface area contributed by atoms with Crippen molar-refractivity contribution < 1.29 is 19.0 Å². The number of hydrogen-bond acceptors (Lipinski definition) is 5. The van der Waals surface area contributed by atoms with Gasteiger partial charge in [0, 0.05) is 0 Å². The second-order valence-electron chi connectivity index (χ2n) is 3.76. The lowest BCUT2D eigenvalue weighted by Crippen LogP contribution is -2.11. The van der Waals surface area contributed by atoms with Crippen LogP contribution in [0.5, 0.6) is 11.5 Å². The molecule has 0 spiro atoms. The first-order valence-electron chi connectivity index (χ1n) is 5.03. The average Bonchev–Trinajstić information content (AvgIpc) is 2.98. The van der Waals surface area contributed by atoms with Crippen LogP contribution in [0.25, 0.3) is 0 Å². The minimum absolute atomic E-state index is 0.0296. The molecule has 2 heterocycles. The van der Waals surface area contributed by atoms with Crippen LogP contribution in [0.3, 0.4) is 0 Å². The Labute approximate surface area is 92.3 Å². The van der Waals surface area contributed by atoms with Gasteiger partial charge < -0.3 is 14.2 Å². The molecule has 1 N–H and O–H groups in total. The number of rotatable bonds is 2. The maximum absolute atomic E-state index is 11.3. The summed E-state index contributed by atoms with van der Waals surface area (Å²) >= 11 is 0. The highest BCUT2D eigenvalue weighted by Gasteiger charge is 2.44. The van der Waals surface area contributed by atoms with E-state index in [1.165, 1.54) is 7.11 Å². The van der Waals surface area contributed by atoms with Crippen LogP contribution >= 0.6 is 0 Å². The molecule has 2 unspecified atom stereocenters. The quantitative estimate of drug-likeness (QED) is 0.585. The molecule has 16 heavy (non-hydrogen) atoms. The molecule has 0 aromatic heterocycles. The number of nitrogens with one attached hydrogen (secondary N) is 1. The van der Waals surface area contributed by atoms with E-state index in [9.17, 15) is 4.79 Å². The first-order chi connectivity index (χ1) is 7.79. The van der Waals surface area contributed by atoms with E-state index in [0.717, 1.165) is 17.1 Å². The zero-order valence-electron chi connectivity index (χ0n) is 8.73. The zero-order valence-corrected chi connectivity index (χ0v) is 8.73. The maximum Gasteiger partial charge on any atom is 0.324 e. The summed E-state index contributed by atoms with van der Waals surface area (Å²) in [6, 6.07) is 5.47. The van der Waals surface area contributed by atoms with E-state index in [-0.39, 0.29) is 24.8 Å². The van der Waals surface area contributed by atoms with Gasteiger partial charge in [-0.25, -0.2) is 0 Å². The lowest BCUT2D eigenvalue weighted by molar-refractivity contribution is -0.140. The van der Waals surface area contributed by atoms with Crippen molar-refractivity contribution in [3.05, 3.63) is 23.8 Å². The summed E-state index contributed by atoms with van der Waals surface area (Å²) in [5.41, 5.74) is 1.01. The number of carbonyl (C=O) groups is 1. The summed E-state index contributed by atoms with van der Waals surface area (Å²) in [6.07, 6.45) is 0. The molecule has 0 radical (unpaired) electrons. The van der Waals surface area contributed by atoms with Crippen LogP contribution < -0.4 is 14.8 Å². The van der Waals surface area contributed by atoms with Crippen LogP contribution in [0.4, 0.5) is 0 Å². The normalized spacial score (nSPS) is 25.3. The minimum Gasteiger partial charge on any atom is -0.468 e. The van der Waals surface area contributed by atoms with Gasteiger partial charge in [-0.3, -0.25) is 10.1 Å². The summed E-state index contributed by atoms with van der Waals surface area (Å²) in [5.74, 6) is 1.25. The molecule has 2 atom stereocenters. The smallest absolute Gasteiger partial charge is 0.324 e. The second kappa shape index (κ2) is 3.38. The number of methoxy groups -OCH3 is 1. The molecule has 1 aromatic carbocycles. The van der Waals surface area contributed by atoms with Gasteiger partial charge >= 0.3 is 5.97 Å². The van der Waals surface area contributed by atoms with Crippen LogP contribution in [-0.2, 0) is 9.53 Å². The zero-order chi connectivity index (χ0) is 11.1. The van der Waals surface area contributed by atoms with E-state index in [4.69, 9.17) is 9.47 Å². The third kappa shape index (κ3) is 1.40. The Morgan fingerprint density at radius 2 is 2.25 bits per heavy atom. The van der Waals surface area contributed by atoms with Gasteiger partial charge in [0.15, 0.2) is 11.5 Å². The van der Waals surface area contributed by atoms with Crippen molar-refractivity contribution in [2.45, 2.75) is 12.1 Å². The first kappa shape index (κ1) is 9.47. The molecule has 1 fully saturated rings. The molecule has 1 aromatic rings. The van der Waals surface area contributed by atoms with Crippen molar-refractivity contribution in [1.29, 1.82) is 0 Å². The summed E-state index contributed by atoms with van der Waals surface area (Å²) in [7, 11) is 1.39. The number of esters is 1. The Balaban J connectivity index is 1.80. The Kier molecular flexibility index (Phi) is 2.00. The lowest BCUT2D eigenvalue weighted by atomic mass is 10.1. The average molecular weight is 221 g/mol. The maximum atomic E-state index is 11.3. The Morgan fingerprint density at radius 1 is 1.44 bits per heavy atom. The van der Waals surface area contributed by atoms with E-state index in [1.54, 1.807) is 0 Å². The van der Waals surface area contributed by atoms with Crippen LogP contribution in [-0.4, -0.2) is 25.9 Å². The van der Waals surface area contributed by atoms with Gasteiger partial charge in [0.05, 0.1) is 13.2 Å². The van der Waals surface area contributed by atoms with Crippen molar-refractivity contribution in [2.75, 3.05) is 13.9 Å². The third-order valence-corrected chi connectivity index (χ3v) is 2.79. The number of fused-ring (bicyclic) bond motifs is 1. The number of benzene rings is 1. The molecule has 0 aliphatic carbocycles. The second-order valence-corrected chi connectivity index (χ2v) is 3.76. The molecule has 1 saturated heterocycles. The molecule has 5 nitrogen and oxygen atoms in total. The fraction of sp³-hybridized carbons (Fsp3) is 0.364. The van der Waals surface area contributed by atoms with Crippen LogP contribution in [0.1, 0.15) is 11.6 Å². The monoisotopic (exact) mass is 221 g/mol. The van der Waals surface area contributed by atoms with E-state index in [0.29, 0.717) is 0 Å². The van der Waals surface area contributed by atoms with Crippen molar-refractivity contribution in [3.63, 3.8) is 0 Å². The van der Waals surface area contributed by atoms with Gasteiger partial charge in [0.2, 0.25) is 6.79 Å². The molecule has 84 valence electrons. The molecular weight excluding hydrogens is 210 g/mol. The molecule has 5 heteroatoms. The predicted octanol–water partition coefficient (Wildman–Crippen LogP) is 0.601. The van der Waals surface area contributed by atoms with Crippen LogP contribution in [0, 0.1) is 0 Å². The molecule has 3 rings (SSSR count). The number of carbonyl (C=O) groups excluding carboxylic acids is 1. The van der Waals surface area contributed by atoms with Gasteiger partial charge in [0.1, 0.15) is 6.04 Å². The molecule has 0 amide bonds. The summed E-state index contributed by atoms with van der Waals surface area (Å²) in [4.78, 5) is 11.3. The van der Waals surface area contributed by atoms with Crippen molar-refractivity contribution in [2.24, 2.45) is 0 Å². The topological polar surface area (TPSA) is 66.7 Å². The standard InChI is InChI=1S/C11H11NO4/c1-14-11(13)10-9(12-10)6-2-3-7-8(4-6)16-5-15-7/h2-4,9-10,12H,5H2,1H3. The Bertz CT molecular complexity index is 446. The van der Waals surface area contributed by atoms with Gasteiger partial charge in [0.25, 0.3) is 0 Å². The molecule has 0 saturated carbocycles. The van der Waals surface area contributed by atoms with Gasteiger partial charge in [-0.05, 0) is 17.7 Å². The summed E-state index contributed by atoms with van der Waals surface area (Å²) < 4.78 is 15.1. The highest BCUT2D eigenvalue weighted by molar-refractivity contribution is 5.80. The Morgan fingerprint density at radius 3 is 3.06 bits per heavy atom. The van der Waals surface area contributed by atoms with E-state index in [1.807, 2.05) is 18.2 Å². The summed E-state index contributed by atoms with van der Waals surface area (Å²) in [5, 5.41) is 3.06. The van der Waals surface area contributed by atoms with E-state index >= 15 is 0 Å². The molecule has 2 aliphatic heterocycles. The van der Waals surface area contributed by atoms with Crippen LogP contribution in [0.15, 0.2) is 18.2 Å². The SMILES string of the molecule is COC(=O)C1NC1c1ccc2c(c1)OCO2. The van der Waals surface area contributed by atoms with Gasteiger partial charge in [-0.2, -0.15) is 0 Å². The highest BCUT2D eigenvalue weighted by Crippen LogP contribution is 2.38. The van der Waals surface area contributed by atoms with Crippen LogP contribution in [0.2, 0.25) is 0 Å². The lowest BCUT2D eigenvalue weighted by Gasteiger charge is -2.00. The van der Waals surface area contributed by atoms with Crippen molar-refractivity contribution >= 4 is 5.97 Å². The first-order valence-corrected chi connectivity index (χ1v) is 5.03. The third-order valence-electron chi connectivity index (χ3n) is 2.79.